The van der Waals surface area contributed by atoms with E-state index in [0.717, 1.165) is 61.8 Å². The molecule has 1 fully saturated rings. The van der Waals surface area contributed by atoms with Gasteiger partial charge in [-0.05, 0) is 30.7 Å². The number of aromatic nitrogens is 3. The largest absolute Gasteiger partial charge is 0.497 e. The maximum atomic E-state index is 12.7. The van der Waals surface area contributed by atoms with Crippen LogP contribution in [0.5, 0.6) is 11.5 Å². The van der Waals surface area contributed by atoms with Crippen LogP contribution >= 0.6 is 12.4 Å². The Labute approximate surface area is 197 Å². The Morgan fingerprint density at radius 1 is 1.09 bits per heavy atom. The Bertz CT molecular complexity index is 1300. The Kier molecular flexibility index (Phi) is 7.17. The molecule has 0 atom stereocenters. The Balaban J connectivity index is 0.00000259. The van der Waals surface area contributed by atoms with Gasteiger partial charge in [-0.1, -0.05) is 6.07 Å². The third-order valence-electron chi connectivity index (χ3n) is 5.76. The number of morpholine rings is 1. The monoisotopic (exact) mass is 470 g/mol. The van der Waals surface area contributed by atoms with Crippen LogP contribution in [0.4, 0.5) is 0 Å². The minimum atomic E-state index is -0.175. The molecule has 0 unspecified atom stereocenters. The van der Waals surface area contributed by atoms with Crippen molar-refractivity contribution in [2.24, 2.45) is 0 Å². The number of H-pyrrole nitrogens is 1. The Morgan fingerprint density at radius 2 is 1.94 bits per heavy atom. The molecule has 1 saturated heterocycles. The lowest BCUT2D eigenvalue weighted by atomic mass is 10.1. The number of nitrogens with zero attached hydrogens (tertiary/aromatic N) is 3. The molecule has 0 bridgehead atoms. The first kappa shape index (κ1) is 23.1. The van der Waals surface area contributed by atoms with Gasteiger partial charge in [-0.3, -0.25) is 9.69 Å². The van der Waals surface area contributed by atoms with E-state index < -0.39 is 0 Å². The minimum Gasteiger partial charge on any atom is -0.497 e. The lowest BCUT2D eigenvalue weighted by molar-refractivity contribution is 0.0358. The summed E-state index contributed by atoms with van der Waals surface area (Å²) in [5.41, 5.74) is 2.02. The predicted molar refractivity (Wildman–Crippen MR) is 130 cm³/mol. The number of rotatable bonds is 7. The molecule has 2 aromatic heterocycles. The van der Waals surface area contributed by atoms with Crippen LogP contribution in [0.15, 0.2) is 53.5 Å². The fourth-order valence-corrected chi connectivity index (χ4v) is 4.04. The molecule has 33 heavy (non-hydrogen) atoms. The number of halogens is 1. The zero-order valence-corrected chi connectivity index (χ0v) is 19.3. The van der Waals surface area contributed by atoms with Crippen LogP contribution in [0, 0.1) is 0 Å². The molecule has 0 amide bonds. The standard InChI is InChI=1S/C24H26N4O4.ClH/c1-30-18-5-2-4-17(14-18)28-16-21-23(26-28)20-7-6-19(15-22(20)25-24(21)29)32-11-3-8-27-9-12-31-13-10-27;/h2,4-7,14-16H,3,8-13H2,1H3,(H,25,29);1H. The summed E-state index contributed by atoms with van der Waals surface area (Å²) in [7, 11) is 1.62. The van der Waals surface area contributed by atoms with Crippen LogP contribution in [0.3, 0.4) is 0 Å². The first-order chi connectivity index (χ1) is 15.7. The van der Waals surface area contributed by atoms with Gasteiger partial charge < -0.3 is 19.2 Å². The third-order valence-corrected chi connectivity index (χ3v) is 5.76. The van der Waals surface area contributed by atoms with E-state index in [1.165, 1.54) is 0 Å². The SMILES string of the molecule is COc1cccc(-n2cc3c(=O)[nH]c4cc(OCCCN5CCOCC5)ccc4c3n2)c1.Cl. The van der Waals surface area contributed by atoms with Crippen molar-refractivity contribution in [2.75, 3.05) is 46.6 Å². The van der Waals surface area contributed by atoms with Gasteiger partial charge >= 0.3 is 0 Å². The lowest BCUT2D eigenvalue weighted by Crippen LogP contribution is -2.37. The number of hydrogen-bond donors (Lipinski definition) is 1. The normalized spacial score (nSPS) is 14.3. The summed E-state index contributed by atoms with van der Waals surface area (Å²) >= 11 is 0. The molecule has 0 radical (unpaired) electrons. The van der Waals surface area contributed by atoms with Crippen LogP contribution in [0.1, 0.15) is 6.42 Å². The number of hydrogen-bond acceptors (Lipinski definition) is 6. The summed E-state index contributed by atoms with van der Waals surface area (Å²) in [4.78, 5) is 18.1. The number of aromatic amines is 1. The molecule has 9 heteroatoms. The van der Waals surface area contributed by atoms with Crippen LogP contribution in [-0.2, 0) is 4.74 Å². The number of nitrogens with one attached hydrogen (secondary N) is 1. The van der Waals surface area contributed by atoms with Crippen molar-refractivity contribution in [3.05, 3.63) is 59.0 Å². The van der Waals surface area contributed by atoms with Crippen molar-refractivity contribution >= 4 is 34.2 Å². The van der Waals surface area contributed by atoms with Crippen molar-refractivity contribution < 1.29 is 14.2 Å². The van der Waals surface area contributed by atoms with Gasteiger partial charge in [-0.25, -0.2) is 4.68 Å². The molecule has 0 saturated carbocycles. The highest BCUT2D eigenvalue weighted by molar-refractivity contribution is 6.03. The average molecular weight is 471 g/mol. The zero-order chi connectivity index (χ0) is 21.9. The van der Waals surface area contributed by atoms with E-state index in [0.29, 0.717) is 23.0 Å². The zero-order valence-electron chi connectivity index (χ0n) is 18.5. The second kappa shape index (κ2) is 10.2. The van der Waals surface area contributed by atoms with E-state index in [1.807, 2.05) is 42.5 Å². The van der Waals surface area contributed by atoms with Gasteiger partial charge in [0.1, 0.15) is 17.0 Å². The minimum absolute atomic E-state index is 0. The maximum absolute atomic E-state index is 12.7. The molecular formula is C24H27ClN4O4. The maximum Gasteiger partial charge on any atom is 0.259 e. The summed E-state index contributed by atoms with van der Waals surface area (Å²) < 4.78 is 18.3. The molecule has 174 valence electrons. The molecule has 3 heterocycles. The number of ether oxygens (including phenoxy) is 3. The molecule has 5 rings (SSSR count). The second-order valence-electron chi connectivity index (χ2n) is 7.85. The molecule has 0 spiro atoms. The van der Waals surface area contributed by atoms with Crippen molar-refractivity contribution in [2.45, 2.75) is 6.42 Å². The average Bonchev–Trinajstić information content (AvgIpc) is 3.29. The lowest BCUT2D eigenvalue weighted by Gasteiger charge is -2.26. The Morgan fingerprint density at radius 3 is 2.76 bits per heavy atom. The smallest absolute Gasteiger partial charge is 0.259 e. The predicted octanol–water partition coefficient (Wildman–Crippen LogP) is 3.40. The highest BCUT2D eigenvalue weighted by atomic mass is 35.5. The van der Waals surface area contributed by atoms with E-state index in [1.54, 1.807) is 18.0 Å². The van der Waals surface area contributed by atoms with Crippen LogP contribution in [0.2, 0.25) is 0 Å². The quantitative estimate of drug-likeness (QED) is 0.417. The fraction of sp³-hybridized carbons (Fsp3) is 0.333. The van der Waals surface area contributed by atoms with E-state index >= 15 is 0 Å². The second-order valence-corrected chi connectivity index (χ2v) is 7.85. The van der Waals surface area contributed by atoms with E-state index in [2.05, 4.69) is 15.0 Å². The first-order valence-corrected chi connectivity index (χ1v) is 10.8. The third kappa shape index (κ3) is 4.98. The molecule has 0 aliphatic carbocycles. The van der Waals surface area contributed by atoms with Crippen LogP contribution in [0.25, 0.3) is 27.5 Å². The molecule has 1 N–H and O–H groups in total. The molecule has 2 aromatic carbocycles. The van der Waals surface area contributed by atoms with E-state index in [4.69, 9.17) is 14.2 Å². The van der Waals surface area contributed by atoms with Crippen LogP contribution < -0.4 is 15.0 Å². The molecular weight excluding hydrogens is 444 g/mol. The summed E-state index contributed by atoms with van der Waals surface area (Å²) in [6.45, 7) is 5.20. The molecule has 8 nitrogen and oxygen atoms in total. The highest BCUT2D eigenvalue weighted by Gasteiger charge is 2.13. The Hall–Kier alpha value is -3.07. The summed E-state index contributed by atoms with van der Waals surface area (Å²) in [6.07, 6.45) is 2.69. The molecule has 4 aromatic rings. The number of fused-ring (bicyclic) bond motifs is 3. The van der Waals surface area contributed by atoms with E-state index in [9.17, 15) is 4.79 Å². The summed E-state index contributed by atoms with van der Waals surface area (Å²) in [5, 5.41) is 6.11. The van der Waals surface area contributed by atoms with Crippen molar-refractivity contribution in [1.29, 1.82) is 0 Å². The topological polar surface area (TPSA) is 81.6 Å². The van der Waals surface area contributed by atoms with Crippen molar-refractivity contribution in [1.82, 2.24) is 19.7 Å². The van der Waals surface area contributed by atoms with Gasteiger partial charge in [-0.2, -0.15) is 5.10 Å². The fourth-order valence-electron chi connectivity index (χ4n) is 4.04. The summed E-state index contributed by atoms with van der Waals surface area (Å²) in [5.74, 6) is 1.47. The van der Waals surface area contributed by atoms with Gasteiger partial charge in [0.05, 0.1) is 43.5 Å². The van der Waals surface area contributed by atoms with Crippen LogP contribution in [-0.4, -0.2) is 66.2 Å². The van der Waals surface area contributed by atoms with Gasteiger partial charge in [0, 0.05) is 43.4 Å². The van der Waals surface area contributed by atoms with Crippen molar-refractivity contribution in [3.8, 4) is 17.2 Å². The molecule has 1 aliphatic heterocycles. The number of benzene rings is 2. The highest BCUT2D eigenvalue weighted by Crippen LogP contribution is 2.25. The first-order valence-electron chi connectivity index (χ1n) is 10.8. The van der Waals surface area contributed by atoms with Gasteiger partial charge in [-0.15, -0.1) is 12.4 Å². The van der Waals surface area contributed by atoms with Gasteiger partial charge in [0.2, 0.25) is 0 Å². The van der Waals surface area contributed by atoms with E-state index in [-0.39, 0.29) is 18.0 Å². The molecule has 1 aliphatic rings. The number of methoxy groups -OCH3 is 1. The van der Waals surface area contributed by atoms with Gasteiger partial charge in [0.25, 0.3) is 5.56 Å². The number of pyridine rings is 1. The summed E-state index contributed by atoms with van der Waals surface area (Å²) in [6, 6.07) is 13.3. The van der Waals surface area contributed by atoms with Crippen molar-refractivity contribution in [3.63, 3.8) is 0 Å². The van der Waals surface area contributed by atoms with Gasteiger partial charge in [0.15, 0.2) is 0 Å².